The summed E-state index contributed by atoms with van der Waals surface area (Å²) in [6, 6.07) is 25.5. The molecule has 0 saturated carbocycles. The molecule has 1 N–H and O–H groups in total. The van der Waals surface area contributed by atoms with Crippen molar-refractivity contribution in [2.24, 2.45) is 10.1 Å². The Kier molecular flexibility index (Phi) is 6.86. The van der Waals surface area contributed by atoms with Gasteiger partial charge in [-0.25, -0.2) is 5.01 Å². The Bertz CT molecular complexity index is 1340. The number of carbonyl (C=O) groups is 2. The number of ether oxygens (including phenoxy) is 1. The molecule has 0 saturated heterocycles. The summed E-state index contributed by atoms with van der Waals surface area (Å²) in [5, 5.41) is 9.48. The number of amides is 2. The molecule has 3 aromatic rings. The zero-order valence-corrected chi connectivity index (χ0v) is 20.9. The van der Waals surface area contributed by atoms with Crippen LogP contribution in [0.1, 0.15) is 35.6 Å². The predicted octanol–water partition coefficient (Wildman–Crippen LogP) is 5.18. The Morgan fingerprint density at radius 3 is 2.53 bits per heavy atom. The van der Waals surface area contributed by atoms with Crippen LogP contribution in [-0.2, 0) is 9.59 Å². The van der Waals surface area contributed by atoms with Gasteiger partial charge < -0.3 is 10.1 Å². The average molecular weight is 499 g/mol. The molecule has 0 unspecified atom stereocenters. The summed E-state index contributed by atoms with van der Waals surface area (Å²) in [4.78, 5) is 29.9. The summed E-state index contributed by atoms with van der Waals surface area (Å²) < 4.78 is 5.30. The first kappa shape index (κ1) is 23.8. The van der Waals surface area contributed by atoms with Gasteiger partial charge in [0.05, 0.1) is 24.6 Å². The van der Waals surface area contributed by atoms with Crippen molar-refractivity contribution in [2.75, 3.05) is 12.4 Å². The predicted molar refractivity (Wildman–Crippen MR) is 143 cm³/mol. The van der Waals surface area contributed by atoms with Crippen LogP contribution in [0, 0.1) is 6.92 Å². The van der Waals surface area contributed by atoms with E-state index in [1.165, 1.54) is 17.3 Å². The molecule has 2 aliphatic heterocycles. The number of rotatable bonds is 6. The lowest BCUT2D eigenvalue weighted by atomic mass is 9.98. The van der Waals surface area contributed by atoms with Crippen molar-refractivity contribution in [3.63, 3.8) is 0 Å². The van der Waals surface area contributed by atoms with E-state index in [2.05, 4.69) is 41.5 Å². The Hall–Kier alpha value is -3.91. The lowest BCUT2D eigenvalue weighted by Crippen LogP contribution is -2.25. The van der Waals surface area contributed by atoms with E-state index in [0.717, 1.165) is 16.8 Å². The first-order valence-electron chi connectivity index (χ1n) is 11.7. The van der Waals surface area contributed by atoms with Crippen LogP contribution in [0.5, 0.6) is 5.75 Å². The molecule has 3 aromatic carbocycles. The molecule has 0 bridgehead atoms. The zero-order valence-electron chi connectivity index (χ0n) is 20.0. The molecular formula is C28H26N4O3S. The largest absolute Gasteiger partial charge is 0.495 e. The fraction of sp³-hybridized carbons (Fsp3) is 0.214. The Morgan fingerprint density at radius 1 is 1.06 bits per heavy atom. The van der Waals surface area contributed by atoms with Gasteiger partial charge in [-0.15, -0.1) is 0 Å². The highest BCUT2D eigenvalue weighted by Crippen LogP contribution is 2.38. The first-order valence-corrected chi connectivity index (χ1v) is 12.6. The molecule has 2 amide bonds. The van der Waals surface area contributed by atoms with Crippen molar-refractivity contribution in [1.82, 2.24) is 5.01 Å². The Balaban J connectivity index is 1.34. The maximum Gasteiger partial charge on any atom is 0.262 e. The second-order valence-electron chi connectivity index (χ2n) is 8.68. The molecule has 2 atom stereocenters. The zero-order chi connectivity index (χ0) is 25.1. The van der Waals surface area contributed by atoms with Crippen LogP contribution in [-0.4, -0.2) is 40.1 Å². The van der Waals surface area contributed by atoms with Crippen molar-refractivity contribution < 1.29 is 14.3 Å². The molecule has 0 fully saturated rings. The molecular weight excluding hydrogens is 472 g/mol. The van der Waals surface area contributed by atoms with E-state index in [1.807, 2.05) is 47.5 Å². The number of aliphatic imine (C=N–C) groups is 1. The highest BCUT2D eigenvalue weighted by atomic mass is 32.2. The lowest BCUT2D eigenvalue weighted by Gasteiger charge is -2.23. The van der Waals surface area contributed by atoms with Gasteiger partial charge >= 0.3 is 0 Å². The minimum atomic E-state index is -0.607. The van der Waals surface area contributed by atoms with Gasteiger partial charge in [0, 0.05) is 12.8 Å². The highest BCUT2D eigenvalue weighted by molar-refractivity contribution is 8.15. The number of hydrazone groups is 1. The van der Waals surface area contributed by atoms with Crippen molar-refractivity contribution in [2.45, 2.75) is 31.1 Å². The van der Waals surface area contributed by atoms with Crippen molar-refractivity contribution in [1.29, 1.82) is 0 Å². The highest BCUT2D eigenvalue weighted by Gasteiger charge is 2.39. The number of amidine groups is 1. The summed E-state index contributed by atoms with van der Waals surface area (Å²) in [5.74, 6) is -0.0306. The maximum absolute atomic E-state index is 12.8. The molecule has 5 rings (SSSR count). The fourth-order valence-electron chi connectivity index (χ4n) is 4.26. The Morgan fingerprint density at radius 2 is 1.78 bits per heavy atom. The van der Waals surface area contributed by atoms with E-state index in [4.69, 9.17) is 9.84 Å². The van der Waals surface area contributed by atoms with E-state index >= 15 is 0 Å². The molecule has 2 heterocycles. The first-order chi connectivity index (χ1) is 17.5. The van der Waals surface area contributed by atoms with Crippen LogP contribution in [0.3, 0.4) is 0 Å². The SMILES string of the molecule is COc1ccccc1NC(=O)C[C@H]1SC(N2N=C(c3ccccc3)C[C@@H]2c2ccc(C)cc2)=NC1=O. The number of hydrogen-bond donors (Lipinski definition) is 1. The summed E-state index contributed by atoms with van der Waals surface area (Å²) in [5.41, 5.74) is 4.83. The summed E-state index contributed by atoms with van der Waals surface area (Å²) in [6.45, 7) is 2.05. The molecule has 0 spiro atoms. The molecule has 0 aliphatic carbocycles. The third-order valence-electron chi connectivity index (χ3n) is 6.16. The quantitative estimate of drug-likeness (QED) is 0.506. The Labute approximate surface area is 214 Å². The number of anilines is 1. The smallest absolute Gasteiger partial charge is 0.262 e. The van der Waals surface area contributed by atoms with Gasteiger partial charge in [-0.2, -0.15) is 10.1 Å². The number of carbonyl (C=O) groups excluding carboxylic acids is 2. The normalized spacial score (nSPS) is 19.2. The number of aryl methyl sites for hydroxylation is 1. The third kappa shape index (κ3) is 5.04. The molecule has 36 heavy (non-hydrogen) atoms. The van der Waals surface area contributed by atoms with Crippen LogP contribution in [0.2, 0.25) is 0 Å². The second-order valence-corrected chi connectivity index (χ2v) is 9.85. The van der Waals surface area contributed by atoms with E-state index < -0.39 is 5.25 Å². The number of para-hydroxylation sites is 2. The second kappa shape index (κ2) is 10.4. The van der Waals surface area contributed by atoms with Gasteiger partial charge in [0.15, 0.2) is 5.17 Å². The topological polar surface area (TPSA) is 83.4 Å². The molecule has 182 valence electrons. The van der Waals surface area contributed by atoms with Crippen LogP contribution in [0.15, 0.2) is 89.0 Å². The molecule has 2 aliphatic rings. The number of hydrogen-bond acceptors (Lipinski definition) is 6. The number of methoxy groups -OCH3 is 1. The molecule has 8 heteroatoms. The third-order valence-corrected chi connectivity index (χ3v) is 7.30. The van der Waals surface area contributed by atoms with Crippen LogP contribution in [0.25, 0.3) is 0 Å². The van der Waals surface area contributed by atoms with Crippen LogP contribution >= 0.6 is 11.8 Å². The minimum Gasteiger partial charge on any atom is -0.495 e. The van der Waals surface area contributed by atoms with Gasteiger partial charge in [0.1, 0.15) is 11.0 Å². The van der Waals surface area contributed by atoms with E-state index in [-0.39, 0.29) is 24.3 Å². The summed E-state index contributed by atoms with van der Waals surface area (Å²) >= 11 is 1.29. The molecule has 0 aromatic heterocycles. The van der Waals surface area contributed by atoms with E-state index in [9.17, 15) is 9.59 Å². The monoisotopic (exact) mass is 498 g/mol. The van der Waals surface area contributed by atoms with E-state index in [0.29, 0.717) is 23.0 Å². The minimum absolute atomic E-state index is 0.00679. The summed E-state index contributed by atoms with van der Waals surface area (Å²) in [7, 11) is 1.55. The van der Waals surface area contributed by atoms with Gasteiger partial charge in [0.2, 0.25) is 5.91 Å². The van der Waals surface area contributed by atoms with Crippen molar-refractivity contribution in [3.05, 3.63) is 95.6 Å². The maximum atomic E-state index is 12.8. The van der Waals surface area contributed by atoms with Crippen molar-refractivity contribution in [3.8, 4) is 5.75 Å². The van der Waals surface area contributed by atoms with Crippen LogP contribution < -0.4 is 10.1 Å². The number of nitrogens with one attached hydrogen (secondary N) is 1. The van der Waals surface area contributed by atoms with Gasteiger partial charge in [-0.3, -0.25) is 9.59 Å². The van der Waals surface area contributed by atoms with Gasteiger partial charge in [-0.05, 0) is 30.2 Å². The molecule has 0 radical (unpaired) electrons. The van der Waals surface area contributed by atoms with Gasteiger partial charge in [0.25, 0.3) is 5.91 Å². The van der Waals surface area contributed by atoms with E-state index in [1.54, 1.807) is 19.2 Å². The fourth-order valence-corrected chi connectivity index (χ4v) is 5.32. The van der Waals surface area contributed by atoms with Crippen molar-refractivity contribution >= 4 is 40.1 Å². The summed E-state index contributed by atoms with van der Waals surface area (Å²) in [6.07, 6.45) is 0.701. The lowest BCUT2D eigenvalue weighted by molar-refractivity contribution is -0.121. The standard InChI is InChI=1S/C28H26N4O3S/c1-18-12-14-20(15-13-18)23-16-22(19-8-4-3-5-9-19)31-32(23)28-30-27(34)25(36-28)17-26(33)29-21-10-6-7-11-24(21)35-2/h3-15,23,25H,16-17H2,1-2H3,(H,29,33)/t23-,25-/m1/s1. The number of nitrogens with zero attached hydrogens (tertiary/aromatic N) is 3. The average Bonchev–Trinajstić information content (AvgIpc) is 3.49. The van der Waals surface area contributed by atoms with Crippen LogP contribution in [0.4, 0.5) is 5.69 Å². The molecule has 7 nitrogen and oxygen atoms in total. The number of thioether (sulfide) groups is 1. The van der Waals surface area contributed by atoms with Gasteiger partial charge in [-0.1, -0.05) is 84.1 Å². The number of benzene rings is 3.